The van der Waals surface area contributed by atoms with Crippen LogP contribution in [-0.4, -0.2) is 66.0 Å². The first kappa shape index (κ1) is 11.9. The lowest BCUT2D eigenvalue weighted by Gasteiger charge is -2.31. The van der Waals surface area contributed by atoms with Crippen molar-refractivity contribution in [3.8, 4) is 0 Å². The minimum absolute atomic E-state index is 0.00582. The smallest absolute Gasteiger partial charge is 0.266 e. The highest BCUT2D eigenvalue weighted by Gasteiger charge is 2.29. The van der Waals surface area contributed by atoms with Crippen molar-refractivity contribution < 1.29 is 9.63 Å². The molecule has 0 radical (unpaired) electrons. The highest BCUT2D eigenvalue weighted by molar-refractivity contribution is 5.29. The van der Waals surface area contributed by atoms with Crippen molar-refractivity contribution >= 4 is 5.95 Å². The summed E-state index contributed by atoms with van der Waals surface area (Å²) in [6, 6.07) is -0.00582. The average molecular weight is 253 g/mol. The van der Waals surface area contributed by atoms with Gasteiger partial charge in [0.2, 0.25) is 5.89 Å². The maximum Gasteiger partial charge on any atom is 0.266 e. The van der Waals surface area contributed by atoms with E-state index in [9.17, 15) is 5.11 Å². The predicted octanol–water partition coefficient (Wildman–Crippen LogP) is -0.783. The molecule has 7 nitrogen and oxygen atoms in total. The topological polar surface area (TPSA) is 77.7 Å². The number of nitrogens with one attached hydrogen (secondary N) is 1. The van der Waals surface area contributed by atoms with Crippen LogP contribution in [0.15, 0.2) is 4.52 Å². The first-order valence-corrected chi connectivity index (χ1v) is 6.41. The summed E-state index contributed by atoms with van der Waals surface area (Å²) in [7, 11) is 2.11. The van der Waals surface area contributed by atoms with Crippen molar-refractivity contribution in [2.75, 3.05) is 44.7 Å². The molecule has 18 heavy (non-hydrogen) atoms. The summed E-state index contributed by atoms with van der Waals surface area (Å²) in [4.78, 5) is 8.85. The first-order valence-electron chi connectivity index (χ1n) is 6.41. The van der Waals surface area contributed by atoms with Crippen LogP contribution in [-0.2, 0) is 0 Å². The van der Waals surface area contributed by atoms with Gasteiger partial charge in [-0.3, -0.25) is 0 Å². The van der Waals surface area contributed by atoms with Crippen LogP contribution >= 0.6 is 0 Å². The first-order chi connectivity index (χ1) is 8.72. The molecule has 3 rings (SSSR count). The fourth-order valence-electron chi connectivity index (χ4n) is 2.41. The Bertz CT molecular complexity index is 402. The second-order valence-corrected chi connectivity index (χ2v) is 5.07. The summed E-state index contributed by atoms with van der Waals surface area (Å²) in [5.41, 5.74) is 0. The normalized spacial score (nSPS) is 30.0. The molecule has 0 aromatic carbocycles. The van der Waals surface area contributed by atoms with Crippen LogP contribution in [0.3, 0.4) is 0 Å². The van der Waals surface area contributed by atoms with Crippen molar-refractivity contribution in [1.29, 1.82) is 0 Å². The lowest BCUT2D eigenvalue weighted by Crippen LogP contribution is -2.44. The van der Waals surface area contributed by atoms with E-state index in [0.717, 1.165) is 26.2 Å². The number of likely N-dealkylation sites (N-methyl/N-ethyl adjacent to an activating group) is 1. The number of piperazine rings is 1. The molecule has 2 aliphatic rings. The maximum atomic E-state index is 9.48. The Balaban J connectivity index is 1.66. The summed E-state index contributed by atoms with van der Waals surface area (Å²) >= 11 is 0. The van der Waals surface area contributed by atoms with E-state index in [1.165, 1.54) is 0 Å². The second kappa shape index (κ2) is 4.83. The zero-order chi connectivity index (χ0) is 12.5. The summed E-state index contributed by atoms with van der Waals surface area (Å²) < 4.78 is 5.29. The molecular formula is C11H19N5O2. The van der Waals surface area contributed by atoms with Crippen LogP contribution in [0.5, 0.6) is 0 Å². The van der Waals surface area contributed by atoms with Crippen molar-refractivity contribution in [3.05, 3.63) is 5.89 Å². The van der Waals surface area contributed by atoms with Gasteiger partial charge in [0.1, 0.15) is 0 Å². The van der Waals surface area contributed by atoms with Crippen LogP contribution in [0.1, 0.15) is 18.4 Å². The van der Waals surface area contributed by atoms with Gasteiger partial charge >= 0.3 is 0 Å². The molecule has 7 heteroatoms. The highest BCUT2D eigenvalue weighted by Crippen LogP contribution is 2.23. The molecule has 1 aromatic rings. The number of hydrogen-bond acceptors (Lipinski definition) is 7. The van der Waals surface area contributed by atoms with Crippen molar-refractivity contribution in [3.63, 3.8) is 0 Å². The Morgan fingerprint density at radius 1 is 1.33 bits per heavy atom. The van der Waals surface area contributed by atoms with E-state index in [0.29, 0.717) is 24.8 Å². The van der Waals surface area contributed by atoms with Gasteiger partial charge in [0.15, 0.2) is 0 Å². The van der Waals surface area contributed by atoms with Gasteiger partial charge in [-0.05, 0) is 18.6 Å². The van der Waals surface area contributed by atoms with Gasteiger partial charge in [-0.25, -0.2) is 0 Å². The second-order valence-electron chi connectivity index (χ2n) is 5.07. The van der Waals surface area contributed by atoms with Crippen molar-refractivity contribution in [2.45, 2.75) is 18.6 Å². The summed E-state index contributed by atoms with van der Waals surface area (Å²) in [6.45, 7) is 4.48. The van der Waals surface area contributed by atoms with Gasteiger partial charge in [-0.1, -0.05) is 0 Å². The molecule has 0 aliphatic carbocycles. The van der Waals surface area contributed by atoms with Crippen LogP contribution in [0.2, 0.25) is 0 Å². The number of hydrogen-bond donors (Lipinski definition) is 2. The van der Waals surface area contributed by atoms with Gasteiger partial charge in [-0.15, -0.1) is 0 Å². The Kier molecular flexibility index (Phi) is 3.19. The Hall–Kier alpha value is -1.18. The van der Waals surface area contributed by atoms with E-state index < -0.39 is 0 Å². The third kappa shape index (κ3) is 2.33. The van der Waals surface area contributed by atoms with Gasteiger partial charge in [-0.2, -0.15) is 4.98 Å². The summed E-state index contributed by atoms with van der Waals surface area (Å²) in [5.74, 6) is 1.25. The Morgan fingerprint density at radius 2 is 2.11 bits per heavy atom. The van der Waals surface area contributed by atoms with E-state index in [4.69, 9.17) is 4.52 Å². The minimum Gasteiger partial charge on any atom is -0.392 e. The number of anilines is 1. The fraction of sp³-hybridized carbons (Fsp3) is 0.818. The molecule has 0 bridgehead atoms. The number of rotatable bonds is 2. The molecule has 2 atom stereocenters. The SMILES string of the molecule is CN1CCN(c2noc([C@H]3C[C@@H](O)CN3)n2)CC1. The molecule has 0 saturated carbocycles. The number of aliphatic hydroxyl groups is 1. The van der Waals surface area contributed by atoms with Gasteiger partial charge in [0.25, 0.3) is 5.95 Å². The molecule has 100 valence electrons. The number of aliphatic hydroxyl groups excluding tert-OH is 1. The average Bonchev–Trinajstić information content (AvgIpc) is 2.98. The lowest BCUT2D eigenvalue weighted by atomic mass is 10.2. The third-order valence-electron chi connectivity index (χ3n) is 3.62. The molecule has 2 fully saturated rings. The van der Waals surface area contributed by atoms with Gasteiger partial charge in [0.05, 0.1) is 12.1 Å². The largest absolute Gasteiger partial charge is 0.392 e. The quantitative estimate of drug-likeness (QED) is 0.715. The van der Waals surface area contributed by atoms with Crippen LogP contribution in [0.4, 0.5) is 5.95 Å². The standard InChI is InChI=1S/C11H19N5O2/c1-15-2-4-16(5-3-15)11-13-10(18-14-11)9-6-8(17)7-12-9/h8-9,12,17H,2-7H2,1H3/t8-,9-/m1/s1. The Labute approximate surface area is 106 Å². The highest BCUT2D eigenvalue weighted by atomic mass is 16.5. The van der Waals surface area contributed by atoms with Crippen LogP contribution in [0.25, 0.3) is 0 Å². The number of nitrogens with zero attached hydrogens (tertiary/aromatic N) is 4. The number of β-amino-alcohol motifs (C(OH)–C–C–N with tert-alkyl or cyclic N) is 1. The van der Waals surface area contributed by atoms with Gasteiger partial charge in [0, 0.05) is 32.7 Å². The molecule has 0 unspecified atom stereocenters. The molecule has 1 aromatic heterocycles. The Morgan fingerprint density at radius 3 is 2.78 bits per heavy atom. The summed E-state index contributed by atoms with van der Waals surface area (Å²) in [6.07, 6.45) is 0.332. The molecular weight excluding hydrogens is 234 g/mol. The van der Waals surface area contributed by atoms with Gasteiger partial charge < -0.3 is 24.7 Å². The van der Waals surface area contributed by atoms with E-state index in [2.05, 4.69) is 32.3 Å². The summed E-state index contributed by atoms with van der Waals surface area (Å²) in [5, 5.41) is 16.7. The van der Waals surface area contributed by atoms with E-state index in [-0.39, 0.29) is 12.1 Å². The molecule has 3 heterocycles. The zero-order valence-electron chi connectivity index (χ0n) is 10.5. The molecule has 0 amide bonds. The molecule has 2 saturated heterocycles. The van der Waals surface area contributed by atoms with Crippen LogP contribution < -0.4 is 10.2 Å². The monoisotopic (exact) mass is 253 g/mol. The van der Waals surface area contributed by atoms with E-state index in [1.54, 1.807) is 0 Å². The molecule has 2 N–H and O–H groups in total. The minimum atomic E-state index is -0.311. The van der Waals surface area contributed by atoms with E-state index in [1.807, 2.05) is 0 Å². The molecule has 0 spiro atoms. The van der Waals surface area contributed by atoms with Crippen LogP contribution in [0, 0.1) is 0 Å². The van der Waals surface area contributed by atoms with Crippen molar-refractivity contribution in [1.82, 2.24) is 20.4 Å². The lowest BCUT2D eigenvalue weighted by molar-refractivity contribution is 0.191. The fourth-order valence-corrected chi connectivity index (χ4v) is 2.41. The predicted molar refractivity (Wildman–Crippen MR) is 65.4 cm³/mol. The third-order valence-corrected chi connectivity index (χ3v) is 3.62. The number of aromatic nitrogens is 2. The molecule has 2 aliphatic heterocycles. The maximum absolute atomic E-state index is 9.48. The zero-order valence-corrected chi connectivity index (χ0v) is 10.5. The van der Waals surface area contributed by atoms with Crippen molar-refractivity contribution in [2.24, 2.45) is 0 Å². The van der Waals surface area contributed by atoms with E-state index >= 15 is 0 Å².